The van der Waals surface area contributed by atoms with Crippen LogP contribution in [-0.4, -0.2) is 23.5 Å². The first-order valence-corrected chi connectivity index (χ1v) is 13.4. The summed E-state index contributed by atoms with van der Waals surface area (Å²) in [5.41, 5.74) is 5.73. The van der Waals surface area contributed by atoms with Gasteiger partial charge in [-0.3, -0.25) is 10.1 Å². The number of hydrogen-bond acceptors (Lipinski definition) is 6. The highest BCUT2D eigenvalue weighted by atomic mass is 35.5. The fourth-order valence-corrected chi connectivity index (χ4v) is 5.61. The molecule has 5 rings (SSSR count). The van der Waals surface area contributed by atoms with E-state index in [-0.39, 0.29) is 5.97 Å². The predicted octanol–water partition coefficient (Wildman–Crippen LogP) is 7.95. The van der Waals surface area contributed by atoms with Crippen molar-refractivity contribution in [2.24, 2.45) is 0 Å². The van der Waals surface area contributed by atoms with Crippen LogP contribution in [0.3, 0.4) is 0 Å². The number of amides is 1. The highest BCUT2D eigenvalue weighted by Gasteiger charge is 2.52. The molecule has 0 spiro atoms. The quantitative estimate of drug-likeness (QED) is 0.238. The molecule has 1 aromatic heterocycles. The Bertz CT molecular complexity index is 1480. The van der Waals surface area contributed by atoms with E-state index in [4.69, 9.17) is 21.1 Å². The maximum absolute atomic E-state index is 12.7. The van der Waals surface area contributed by atoms with Gasteiger partial charge in [-0.1, -0.05) is 72.3 Å². The molecule has 0 aliphatic heterocycles. The molecule has 3 aromatic carbocycles. The second-order valence-electron chi connectivity index (χ2n) is 9.43. The van der Waals surface area contributed by atoms with E-state index in [1.807, 2.05) is 67.6 Å². The molecule has 1 aliphatic rings. The minimum atomic E-state index is -0.556. The van der Waals surface area contributed by atoms with Crippen molar-refractivity contribution in [2.75, 3.05) is 12.4 Å². The highest BCUT2D eigenvalue weighted by molar-refractivity contribution is 7.10. The number of rotatable bonds is 7. The standard InChI is InChI=1S/C30H27ClN2O4S/c1-18-26(32-29(35)37-19(2)23-5-4-6-25(31)17-23)27(38-33-18)22-9-7-20(8-10-22)21-11-13-24(14-12-21)30(15-16-30)28(34)36-3/h4-14,17,19H,15-16H2,1-3H3,(H,32,35)/t19-/m1/s1. The number of nitrogens with zero attached hydrogens (tertiary/aromatic N) is 1. The number of anilines is 1. The largest absolute Gasteiger partial charge is 0.468 e. The number of halogens is 1. The Balaban J connectivity index is 1.29. The molecule has 8 heteroatoms. The third-order valence-corrected chi connectivity index (χ3v) is 8.16. The van der Waals surface area contributed by atoms with E-state index in [0.29, 0.717) is 10.7 Å². The molecule has 4 aromatic rings. The van der Waals surface area contributed by atoms with Gasteiger partial charge in [0.05, 0.1) is 28.8 Å². The maximum Gasteiger partial charge on any atom is 0.412 e. The van der Waals surface area contributed by atoms with E-state index in [0.717, 1.165) is 51.2 Å². The fourth-order valence-electron chi connectivity index (χ4n) is 4.56. The molecule has 1 fully saturated rings. The molecule has 0 unspecified atom stereocenters. The zero-order valence-electron chi connectivity index (χ0n) is 21.3. The van der Waals surface area contributed by atoms with Gasteiger partial charge in [0.1, 0.15) is 6.10 Å². The molecule has 0 radical (unpaired) electrons. The van der Waals surface area contributed by atoms with Gasteiger partial charge in [-0.2, -0.15) is 4.37 Å². The molecular formula is C30H27ClN2O4S. The molecule has 6 nitrogen and oxygen atoms in total. The van der Waals surface area contributed by atoms with Crippen LogP contribution in [0.15, 0.2) is 72.8 Å². The Morgan fingerprint density at radius 2 is 1.63 bits per heavy atom. The number of hydrogen-bond donors (Lipinski definition) is 1. The lowest BCUT2D eigenvalue weighted by Gasteiger charge is -2.15. The lowest BCUT2D eigenvalue weighted by molar-refractivity contribution is -0.143. The van der Waals surface area contributed by atoms with Crippen LogP contribution in [0.25, 0.3) is 21.6 Å². The summed E-state index contributed by atoms with van der Waals surface area (Å²) in [6.45, 7) is 3.66. The SMILES string of the molecule is COC(=O)C1(c2ccc(-c3ccc(-c4snc(C)c4NC(=O)O[C@H](C)c4cccc(Cl)c4)cc3)cc2)CC1. The van der Waals surface area contributed by atoms with Crippen LogP contribution in [0.5, 0.6) is 0 Å². The molecule has 0 saturated heterocycles. The number of aryl methyl sites for hydroxylation is 1. The summed E-state index contributed by atoms with van der Waals surface area (Å²) in [6, 6.07) is 23.4. The van der Waals surface area contributed by atoms with Crippen LogP contribution in [-0.2, 0) is 19.7 Å². The van der Waals surface area contributed by atoms with E-state index in [9.17, 15) is 9.59 Å². The van der Waals surface area contributed by atoms with Crippen LogP contribution in [0.4, 0.5) is 10.5 Å². The summed E-state index contributed by atoms with van der Waals surface area (Å²) in [5.74, 6) is -0.165. The number of benzene rings is 3. The molecule has 1 aliphatic carbocycles. The average molecular weight is 547 g/mol. The van der Waals surface area contributed by atoms with E-state index >= 15 is 0 Å². The molecular weight excluding hydrogens is 520 g/mol. The van der Waals surface area contributed by atoms with Gasteiger partial charge in [-0.15, -0.1) is 0 Å². The number of aromatic nitrogens is 1. The maximum atomic E-state index is 12.7. The van der Waals surface area contributed by atoms with Crippen LogP contribution in [0.2, 0.25) is 5.02 Å². The van der Waals surface area contributed by atoms with Crippen molar-refractivity contribution >= 4 is 40.9 Å². The van der Waals surface area contributed by atoms with Crippen molar-refractivity contribution in [3.8, 4) is 21.6 Å². The van der Waals surface area contributed by atoms with Crippen molar-refractivity contribution in [1.29, 1.82) is 0 Å². The summed E-state index contributed by atoms with van der Waals surface area (Å²) >= 11 is 7.39. The van der Waals surface area contributed by atoms with Crippen LogP contribution < -0.4 is 5.32 Å². The fraction of sp³-hybridized carbons (Fsp3) is 0.233. The van der Waals surface area contributed by atoms with Crippen molar-refractivity contribution in [1.82, 2.24) is 4.37 Å². The van der Waals surface area contributed by atoms with Gasteiger partial charge in [-0.05, 0) is 78.2 Å². The Morgan fingerprint density at radius 1 is 1.00 bits per heavy atom. The Kier molecular flexibility index (Phi) is 7.23. The number of carbonyl (C=O) groups is 2. The van der Waals surface area contributed by atoms with Crippen LogP contribution in [0, 0.1) is 6.92 Å². The summed E-state index contributed by atoms with van der Waals surface area (Å²) in [5, 5.41) is 3.46. The average Bonchev–Trinajstić information content (AvgIpc) is 3.67. The van der Waals surface area contributed by atoms with Gasteiger partial charge in [0, 0.05) is 5.02 Å². The van der Waals surface area contributed by atoms with E-state index in [2.05, 4.69) is 9.69 Å². The summed E-state index contributed by atoms with van der Waals surface area (Å²) < 4.78 is 15.0. The summed E-state index contributed by atoms with van der Waals surface area (Å²) in [4.78, 5) is 25.7. The first kappa shape index (κ1) is 25.9. The third-order valence-electron chi connectivity index (χ3n) is 6.94. The van der Waals surface area contributed by atoms with Crippen molar-refractivity contribution < 1.29 is 19.1 Å². The van der Waals surface area contributed by atoms with Crippen molar-refractivity contribution in [2.45, 2.75) is 38.2 Å². The number of methoxy groups -OCH3 is 1. The van der Waals surface area contributed by atoms with Gasteiger partial charge < -0.3 is 9.47 Å². The minimum absolute atomic E-state index is 0.165. The van der Waals surface area contributed by atoms with Gasteiger partial charge in [0.25, 0.3) is 0 Å². The monoisotopic (exact) mass is 546 g/mol. The number of esters is 1. The molecule has 1 heterocycles. The number of carbonyl (C=O) groups excluding carboxylic acids is 2. The van der Waals surface area contributed by atoms with E-state index in [1.54, 1.807) is 19.1 Å². The van der Waals surface area contributed by atoms with Crippen LogP contribution >= 0.6 is 23.1 Å². The first-order valence-electron chi connectivity index (χ1n) is 12.3. The Labute approximate surface area is 230 Å². The van der Waals surface area contributed by atoms with E-state index < -0.39 is 17.6 Å². The molecule has 38 heavy (non-hydrogen) atoms. The van der Waals surface area contributed by atoms with Gasteiger partial charge in [0.15, 0.2) is 0 Å². The third kappa shape index (κ3) is 5.17. The zero-order chi connectivity index (χ0) is 26.9. The predicted molar refractivity (Wildman–Crippen MR) is 151 cm³/mol. The Hall–Kier alpha value is -3.68. The molecule has 1 atom stereocenters. The number of nitrogens with one attached hydrogen (secondary N) is 1. The highest BCUT2D eigenvalue weighted by Crippen LogP contribution is 2.49. The number of ether oxygens (including phenoxy) is 2. The normalized spacial score (nSPS) is 14.4. The second kappa shape index (κ2) is 10.6. The topological polar surface area (TPSA) is 77.5 Å². The van der Waals surface area contributed by atoms with Crippen molar-refractivity contribution in [3.63, 3.8) is 0 Å². The molecule has 1 amide bonds. The molecule has 0 bridgehead atoms. The van der Waals surface area contributed by atoms with Gasteiger partial charge in [0.2, 0.25) is 0 Å². The molecule has 1 N–H and O–H groups in total. The van der Waals surface area contributed by atoms with Crippen LogP contribution in [0.1, 0.15) is 42.7 Å². The summed E-state index contributed by atoms with van der Waals surface area (Å²) in [6.07, 6.45) is 0.632. The summed E-state index contributed by atoms with van der Waals surface area (Å²) in [7, 11) is 1.44. The van der Waals surface area contributed by atoms with E-state index in [1.165, 1.54) is 18.6 Å². The van der Waals surface area contributed by atoms with Gasteiger partial charge >= 0.3 is 12.1 Å². The van der Waals surface area contributed by atoms with Crippen molar-refractivity contribution in [3.05, 3.63) is 94.6 Å². The lowest BCUT2D eigenvalue weighted by Crippen LogP contribution is -2.21. The Morgan fingerprint density at radius 3 is 2.24 bits per heavy atom. The molecule has 194 valence electrons. The first-order chi connectivity index (χ1) is 18.3. The zero-order valence-corrected chi connectivity index (χ0v) is 22.9. The lowest BCUT2D eigenvalue weighted by atomic mass is 9.93. The molecule has 1 saturated carbocycles. The minimum Gasteiger partial charge on any atom is -0.468 e. The second-order valence-corrected chi connectivity index (χ2v) is 10.6. The van der Waals surface area contributed by atoms with Gasteiger partial charge in [-0.25, -0.2) is 4.79 Å². The smallest absolute Gasteiger partial charge is 0.412 e.